The number of ether oxygens (including phenoxy) is 1. The van der Waals surface area contributed by atoms with Crippen LogP contribution in [0.2, 0.25) is 10.0 Å². The van der Waals surface area contributed by atoms with E-state index in [1.165, 1.54) is 12.4 Å². The molecule has 0 aliphatic heterocycles. The van der Waals surface area contributed by atoms with Crippen LogP contribution >= 0.6 is 23.2 Å². The minimum absolute atomic E-state index is 0.162. The smallest absolute Gasteiger partial charge is 0.237 e. The lowest BCUT2D eigenvalue weighted by Gasteiger charge is -2.06. The molecule has 6 heteroatoms. The van der Waals surface area contributed by atoms with E-state index in [4.69, 9.17) is 33.0 Å². The summed E-state index contributed by atoms with van der Waals surface area (Å²) in [4.78, 5) is 7.90. The third-order valence-electron chi connectivity index (χ3n) is 1.95. The molecule has 17 heavy (non-hydrogen) atoms. The molecule has 1 heterocycles. The van der Waals surface area contributed by atoms with Gasteiger partial charge in [0.25, 0.3) is 0 Å². The minimum atomic E-state index is -0.162. The second kappa shape index (κ2) is 5.31. The van der Waals surface area contributed by atoms with Gasteiger partial charge in [-0.15, -0.1) is 0 Å². The van der Waals surface area contributed by atoms with E-state index in [2.05, 4.69) is 9.97 Å². The number of nitrogens with zero attached hydrogens (tertiary/aromatic N) is 2. The van der Waals surface area contributed by atoms with Crippen LogP contribution in [-0.2, 0) is 6.61 Å². The van der Waals surface area contributed by atoms with Crippen molar-refractivity contribution in [1.82, 2.24) is 9.97 Å². The Morgan fingerprint density at radius 3 is 2.65 bits per heavy atom. The number of aliphatic hydroxyl groups is 1. The van der Waals surface area contributed by atoms with E-state index in [0.29, 0.717) is 21.5 Å². The Balaban J connectivity index is 2.22. The second-order valence-corrected chi connectivity index (χ2v) is 4.02. The molecule has 1 aromatic carbocycles. The quantitative estimate of drug-likeness (QED) is 0.932. The first-order valence-corrected chi connectivity index (χ1v) is 5.49. The van der Waals surface area contributed by atoms with Crippen molar-refractivity contribution >= 4 is 23.2 Å². The van der Waals surface area contributed by atoms with Gasteiger partial charge in [-0.3, -0.25) is 4.98 Å². The molecule has 0 bridgehead atoms. The third-order valence-corrected chi connectivity index (χ3v) is 2.50. The molecule has 0 unspecified atom stereocenters. The summed E-state index contributed by atoms with van der Waals surface area (Å²) in [5.74, 6) is 0.691. The van der Waals surface area contributed by atoms with E-state index in [9.17, 15) is 0 Å². The highest BCUT2D eigenvalue weighted by Crippen LogP contribution is 2.30. The van der Waals surface area contributed by atoms with E-state index in [1.807, 2.05) is 0 Å². The highest BCUT2D eigenvalue weighted by atomic mass is 35.5. The molecule has 0 spiro atoms. The van der Waals surface area contributed by atoms with Crippen LogP contribution in [0.25, 0.3) is 0 Å². The average molecular weight is 271 g/mol. The number of aromatic nitrogens is 2. The maximum atomic E-state index is 8.82. The van der Waals surface area contributed by atoms with Gasteiger partial charge in [-0.1, -0.05) is 23.2 Å². The van der Waals surface area contributed by atoms with E-state index in [-0.39, 0.29) is 12.5 Å². The molecule has 1 N–H and O–H groups in total. The lowest BCUT2D eigenvalue weighted by Crippen LogP contribution is -1.94. The highest BCUT2D eigenvalue weighted by molar-refractivity contribution is 6.34. The predicted octanol–water partition coefficient (Wildman–Crippen LogP) is 3.07. The van der Waals surface area contributed by atoms with Crippen molar-refractivity contribution in [2.24, 2.45) is 0 Å². The maximum Gasteiger partial charge on any atom is 0.237 e. The van der Waals surface area contributed by atoms with Gasteiger partial charge >= 0.3 is 0 Å². The fraction of sp³-hybridized carbons (Fsp3) is 0.0909. The van der Waals surface area contributed by atoms with Crippen LogP contribution in [-0.4, -0.2) is 15.1 Å². The molecule has 0 aliphatic carbocycles. The second-order valence-electron chi connectivity index (χ2n) is 3.18. The number of hydrogen-bond acceptors (Lipinski definition) is 4. The zero-order valence-electron chi connectivity index (χ0n) is 8.60. The van der Waals surface area contributed by atoms with Crippen LogP contribution in [0.1, 0.15) is 5.69 Å². The fourth-order valence-corrected chi connectivity index (χ4v) is 1.46. The minimum Gasteiger partial charge on any atom is -0.436 e. The molecule has 0 saturated carbocycles. The summed E-state index contributed by atoms with van der Waals surface area (Å²) in [6, 6.07) is 4.89. The van der Waals surface area contributed by atoms with Gasteiger partial charge in [0.1, 0.15) is 5.75 Å². The summed E-state index contributed by atoms with van der Waals surface area (Å²) in [6.07, 6.45) is 2.83. The topological polar surface area (TPSA) is 55.2 Å². The third kappa shape index (κ3) is 3.06. The zero-order valence-corrected chi connectivity index (χ0v) is 10.1. The van der Waals surface area contributed by atoms with Crippen LogP contribution in [0.5, 0.6) is 11.6 Å². The van der Waals surface area contributed by atoms with Crippen LogP contribution < -0.4 is 4.74 Å². The van der Waals surface area contributed by atoms with Gasteiger partial charge in [-0.05, 0) is 12.1 Å². The van der Waals surface area contributed by atoms with Gasteiger partial charge < -0.3 is 9.84 Å². The summed E-state index contributed by atoms with van der Waals surface area (Å²) in [7, 11) is 0. The zero-order chi connectivity index (χ0) is 12.3. The first kappa shape index (κ1) is 12.1. The Bertz CT molecular complexity index is 517. The van der Waals surface area contributed by atoms with E-state index >= 15 is 0 Å². The average Bonchev–Trinajstić information content (AvgIpc) is 2.35. The standard InChI is InChI=1S/C11H8Cl2N2O2/c12-7-1-2-9(13)10(3-7)17-11-5-14-8(6-16)4-15-11/h1-5,16H,6H2. The molecule has 4 nitrogen and oxygen atoms in total. The lowest BCUT2D eigenvalue weighted by molar-refractivity contribution is 0.276. The molecule has 0 aliphatic rings. The molecule has 0 fully saturated rings. The van der Waals surface area contributed by atoms with Crippen molar-refractivity contribution in [3.8, 4) is 11.6 Å². The Hall–Kier alpha value is -1.36. The van der Waals surface area contributed by atoms with Gasteiger partial charge in [0, 0.05) is 11.1 Å². The van der Waals surface area contributed by atoms with Crippen LogP contribution in [0.4, 0.5) is 0 Å². The Morgan fingerprint density at radius 1 is 1.18 bits per heavy atom. The largest absolute Gasteiger partial charge is 0.436 e. The molecular weight excluding hydrogens is 263 g/mol. The molecule has 0 radical (unpaired) electrons. The first-order chi connectivity index (χ1) is 8.19. The van der Waals surface area contributed by atoms with Crippen molar-refractivity contribution in [3.05, 3.63) is 46.3 Å². The Labute approximate surface area is 108 Å². The Morgan fingerprint density at radius 2 is 2.00 bits per heavy atom. The normalized spacial score (nSPS) is 10.3. The van der Waals surface area contributed by atoms with Gasteiger partial charge in [0.15, 0.2) is 0 Å². The molecular formula is C11H8Cl2N2O2. The molecule has 88 valence electrons. The summed E-state index contributed by atoms with van der Waals surface area (Å²) >= 11 is 11.8. The van der Waals surface area contributed by atoms with Crippen molar-refractivity contribution in [2.45, 2.75) is 6.61 Å². The maximum absolute atomic E-state index is 8.82. The summed E-state index contributed by atoms with van der Waals surface area (Å²) in [5.41, 5.74) is 0.467. The summed E-state index contributed by atoms with van der Waals surface area (Å²) in [6.45, 7) is -0.162. The van der Waals surface area contributed by atoms with Crippen LogP contribution in [0, 0.1) is 0 Å². The highest BCUT2D eigenvalue weighted by Gasteiger charge is 2.05. The Kier molecular flexibility index (Phi) is 3.78. The van der Waals surface area contributed by atoms with E-state index in [1.54, 1.807) is 18.2 Å². The summed E-state index contributed by atoms with van der Waals surface area (Å²) < 4.78 is 5.42. The number of hydrogen-bond donors (Lipinski definition) is 1. The number of benzene rings is 1. The van der Waals surface area contributed by atoms with E-state index < -0.39 is 0 Å². The molecule has 1 aromatic heterocycles. The van der Waals surface area contributed by atoms with Crippen LogP contribution in [0.3, 0.4) is 0 Å². The van der Waals surface area contributed by atoms with Crippen molar-refractivity contribution < 1.29 is 9.84 Å². The number of aliphatic hydroxyl groups excluding tert-OH is 1. The molecule has 0 amide bonds. The van der Waals surface area contributed by atoms with Crippen LogP contribution in [0.15, 0.2) is 30.6 Å². The van der Waals surface area contributed by atoms with Gasteiger partial charge in [-0.25, -0.2) is 4.98 Å². The van der Waals surface area contributed by atoms with E-state index in [0.717, 1.165) is 0 Å². The predicted molar refractivity (Wildman–Crippen MR) is 64.5 cm³/mol. The summed E-state index contributed by atoms with van der Waals surface area (Å²) in [5, 5.41) is 9.77. The molecule has 0 saturated heterocycles. The monoisotopic (exact) mass is 270 g/mol. The van der Waals surface area contributed by atoms with Gasteiger partial charge in [0.2, 0.25) is 5.88 Å². The lowest BCUT2D eigenvalue weighted by atomic mass is 10.3. The van der Waals surface area contributed by atoms with Crippen molar-refractivity contribution in [1.29, 1.82) is 0 Å². The molecule has 2 rings (SSSR count). The molecule has 2 aromatic rings. The van der Waals surface area contributed by atoms with Crippen molar-refractivity contribution in [3.63, 3.8) is 0 Å². The fourth-order valence-electron chi connectivity index (χ4n) is 1.15. The molecule has 0 atom stereocenters. The first-order valence-electron chi connectivity index (χ1n) is 4.73. The van der Waals surface area contributed by atoms with Gasteiger partial charge in [-0.2, -0.15) is 0 Å². The van der Waals surface area contributed by atoms with Crippen molar-refractivity contribution in [2.75, 3.05) is 0 Å². The SMILES string of the molecule is OCc1cnc(Oc2cc(Cl)ccc2Cl)cn1. The van der Waals surface area contributed by atoms with Gasteiger partial charge in [0.05, 0.1) is 29.7 Å². The number of rotatable bonds is 3. The number of halogens is 2.